The highest BCUT2D eigenvalue weighted by Crippen LogP contribution is 2.43. The molecule has 5 rings (SSSR count). The minimum Gasteiger partial charge on any atom is -0.454 e. The lowest BCUT2D eigenvalue weighted by Crippen LogP contribution is -2.21. The maximum atomic E-state index is 6.64. The van der Waals surface area contributed by atoms with Crippen LogP contribution in [0.2, 0.25) is 5.02 Å². The third kappa shape index (κ3) is 2.92. The van der Waals surface area contributed by atoms with Crippen LogP contribution in [-0.2, 0) is 12.8 Å². The van der Waals surface area contributed by atoms with E-state index >= 15 is 0 Å². The summed E-state index contributed by atoms with van der Waals surface area (Å²) in [4.78, 5) is 5.04. The lowest BCUT2D eigenvalue weighted by molar-refractivity contribution is 0.174. The molecule has 2 aliphatic rings. The van der Waals surface area contributed by atoms with E-state index in [4.69, 9.17) is 31.2 Å². The van der Waals surface area contributed by atoms with E-state index in [1.54, 1.807) is 0 Å². The first-order chi connectivity index (χ1) is 14.1. The highest BCUT2D eigenvalue weighted by Gasteiger charge is 2.27. The second kappa shape index (κ2) is 7.10. The van der Waals surface area contributed by atoms with Gasteiger partial charge < -0.3 is 14.8 Å². The Morgan fingerprint density at radius 1 is 1.17 bits per heavy atom. The first-order valence-corrected chi connectivity index (χ1v) is 10.8. The van der Waals surface area contributed by atoms with Crippen molar-refractivity contribution in [3.8, 4) is 22.6 Å². The summed E-state index contributed by atoms with van der Waals surface area (Å²) in [6.07, 6.45) is 5.31. The predicted molar refractivity (Wildman–Crippen MR) is 114 cm³/mol. The summed E-state index contributed by atoms with van der Waals surface area (Å²) in [5, 5.41) is 9.25. The number of rotatable bonds is 5. The highest BCUT2D eigenvalue weighted by atomic mass is 35.5. The minimum absolute atomic E-state index is 0.220. The summed E-state index contributed by atoms with van der Waals surface area (Å²) in [6.45, 7) is 6.66. The van der Waals surface area contributed by atoms with Crippen molar-refractivity contribution in [3.63, 3.8) is 0 Å². The van der Waals surface area contributed by atoms with Crippen molar-refractivity contribution in [1.29, 1.82) is 0 Å². The van der Waals surface area contributed by atoms with Crippen LogP contribution in [0.3, 0.4) is 0 Å². The quantitative estimate of drug-likeness (QED) is 0.625. The summed E-state index contributed by atoms with van der Waals surface area (Å²) < 4.78 is 13.0. The Hall–Kier alpha value is -2.47. The van der Waals surface area contributed by atoms with Crippen molar-refractivity contribution in [2.75, 3.05) is 12.1 Å². The number of nitrogens with zero attached hydrogens (tertiary/aromatic N) is 3. The second-order valence-corrected chi connectivity index (χ2v) is 8.19. The van der Waals surface area contributed by atoms with Crippen molar-refractivity contribution in [2.24, 2.45) is 0 Å². The van der Waals surface area contributed by atoms with Crippen molar-refractivity contribution < 1.29 is 9.47 Å². The molecule has 0 spiro atoms. The number of anilines is 1. The van der Waals surface area contributed by atoms with E-state index in [-0.39, 0.29) is 6.79 Å². The minimum atomic E-state index is 0.220. The number of benzene rings is 1. The molecular weight excluding hydrogens is 388 g/mol. The molecule has 0 amide bonds. The molecule has 6 nitrogen and oxygen atoms in total. The summed E-state index contributed by atoms with van der Waals surface area (Å²) in [5.74, 6) is 2.47. The fraction of sp³-hybridized carbons (Fsp3) is 0.455. The smallest absolute Gasteiger partial charge is 0.231 e. The first-order valence-electron chi connectivity index (χ1n) is 10.4. The van der Waals surface area contributed by atoms with Gasteiger partial charge in [0.2, 0.25) is 6.79 Å². The molecule has 0 saturated carbocycles. The fourth-order valence-corrected chi connectivity index (χ4v) is 4.64. The Balaban J connectivity index is 1.74. The molecule has 1 aromatic carbocycles. The zero-order valence-corrected chi connectivity index (χ0v) is 17.8. The maximum Gasteiger partial charge on any atom is 0.231 e. The average molecular weight is 413 g/mol. The van der Waals surface area contributed by atoms with Gasteiger partial charge in [-0.1, -0.05) is 25.4 Å². The standard InChI is InChI=1S/C22H25ClN4O2/c1-4-13(5-2)24-21-14-7-6-8-17(14)25-22-20(12(3)26-27(21)22)15-9-18-19(10-16(15)23)29-11-28-18/h9-10,13,24H,4-8,11H2,1-3H3. The highest BCUT2D eigenvalue weighted by molar-refractivity contribution is 6.33. The van der Waals surface area contributed by atoms with Gasteiger partial charge in [0.15, 0.2) is 17.1 Å². The third-order valence-electron chi connectivity index (χ3n) is 6.02. The van der Waals surface area contributed by atoms with Crippen LogP contribution >= 0.6 is 11.6 Å². The van der Waals surface area contributed by atoms with E-state index in [0.717, 1.165) is 60.4 Å². The lowest BCUT2D eigenvalue weighted by atomic mass is 10.0. The topological polar surface area (TPSA) is 60.7 Å². The van der Waals surface area contributed by atoms with E-state index in [2.05, 4.69) is 19.2 Å². The molecule has 2 aromatic heterocycles. The van der Waals surface area contributed by atoms with Gasteiger partial charge in [0.25, 0.3) is 0 Å². The zero-order chi connectivity index (χ0) is 20.1. The second-order valence-electron chi connectivity index (χ2n) is 7.78. The molecule has 0 saturated heterocycles. The summed E-state index contributed by atoms with van der Waals surface area (Å²) in [5.41, 5.74) is 6.05. The number of aryl methyl sites for hydroxylation is 2. The van der Waals surface area contributed by atoms with E-state index < -0.39 is 0 Å². The van der Waals surface area contributed by atoms with Crippen LogP contribution in [0, 0.1) is 6.92 Å². The van der Waals surface area contributed by atoms with Gasteiger partial charge in [-0.15, -0.1) is 0 Å². The fourth-order valence-electron chi connectivity index (χ4n) is 4.39. The molecule has 7 heteroatoms. The van der Waals surface area contributed by atoms with Gasteiger partial charge in [-0.05, 0) is 45.1 Å². The number of nitrogens with one attached hydrogen (secondary N) is 1. The molecule has 152 valence electrons. The number of hydrogen-bond donors (Lipinski definition) is 1. The van der Waals surface area contributed by atoms with Crippen molar-refractivity contribution in [1.82, 2.24) is 14.6 Å². The van der Waals surface area contributed by atoms with Crippen LogP contribution < -0.4 is 14.8 Å². The van der Waals surface area contributed by atoms with E-state index in [0.29, 0.717) is 22.6 Å². The molecule has 3 aromatic rings. The first kappa shape index (κ1) is 18.6. The maximum absolute atomic E-state index is 6.64. The third-order valence-corrected chi connectivity index (χ3v) is 6.33. The van der Waals surface area contributed by atoms with Crippen molar-refractivity contribution in [2.45, 2.75) is 58.9 Å². The zero-order valence-electron chi connectivity index (χ0n) is 17.0. The van der Waals surface area contributed by atoms with Gasteiger partial charge in [-0.3, -0.25) is 0 Å². The van der Waals surface area contributed by atoms with Crippen LogP contribution in [0.4, 0.5) is 5.82 Å². The molecule has 0 atom stereocenters. The van der Waals surface area contributed by atoms with Crippen LogP contribution in [0.5, 0.6) is 11.5 Å². The van der Waals surface area contributed by atoms with Crippen molar-refractivity contribution >= 4 is 23.1 Å². The summed E-state index contributed by atoms with van der Waals surface area (Å²) in [7, 11) is 0. The van der Waals surface area contributed by atoms with Gasteiger partial charge in [-0.2, -0.15) is 9.61 Å². The van der Waals surface area contributed by atoms with Gasteiger partial charge >= 0.3 is 0 Å². The molecule has 1 aliphatic heterocycles. The van der Waals surface area contributed by atoms with Crippen LogP contribution in [0.15, 0.2) is 12.1 Å². The Kier molecular flexibility index (Phi) is 4.54. The predicted octanol–water partition coefficient (Wildman–Crippen LogP) is 5.18. The van der Waals surface area contributed by atoms with Gasteiger partial charge in [0, 0.05) is 28.9 Å². The van der Waals surface area contributed by atoms with Crippen LogP contribution in [0.1, 0.15) is 50.1 Å². The number of hydrogen-bond acceptors (Lipinski definition) is 5. The SMILES string of the molecule is CCC(CC)Nc1c2c(nc3c(-c4cc5c(cc4Cl)OCO5)c(C)nn13)CCC2. The molecule has 3 heterocycles. The Labute approximate surface area is 175 Å². The number of aromatic nitrogens is 3. The van der Waals surface area contributed by atoms with Gasteiger partial charge in [0.05, 0.1) is 16.3 Å². The molecule has 1 aliphatic carbocycles. The monoisotopic (exact) mass is 412 g/mol. The van der Waals surface area contributed by atoms with E-state index in [9.17, 15) is 0 Å². The molecule has 0 unspecified atom stereocenters. The number of fused-ring (bicyclic) bond motifs is 3. The van der Waals surface area contributed by atoms with Crippen LogP contribution in [0.25, 0.3) is 16.8 Å². The molecule has 0 radical (unpaired) electrons. The van der Waals surface area contributed by atoms with Gasteiger partial charge in [-0.25, -0.2) is 4.98 Å². The summed E-state index contributed by atoms with van der Waals surface area (Å²) in [6, 6.07) is 4.17. The van der Waals surface area contributed by atoms with Crippen LogP contribution in [-0.4, -0.2) is 27.4 Å². The number of halogens is 1. The largest absolute Gasteiger partial charge is 0.454 e. The summed E-state index contributed by atoms with van der Waals surface area (Å²) >= 11 is 6.64. The molecular formula is C22H25ClN4O2. The molecule has 29 heavy (non-hydrogen) atoms. The Morgan fingerprint density at radius 2 is 1.93 bits per heavy atom. The molecule has 0 fully saturated rings. The van der Waals surface area contributed by atoms with Gasteiger partial charge in [0.1, 0.15) is 5.82 Å². The average Bonchev–Trinajstić information content (AvgIpc) is 3.42. The van der Waals surface area contributed by atoms with E-state index in [1.165, 1.54) is 11.3 Å². The lowest BCUT2D eigenvalue weighted by Gasteiger charge is -2.19. The normalized spacial score (nSPS) is 14.8. The molecule has 0 bridgehead atoms. The number of ether oxygens (including phenoxy) is 2. The van der Waals surface area contributed by atoms with E-state index in [1.807, 2.05) is 23.6 Å². The Bertz CT molecular complexity index is 1100. The van der Waals surface area contributed by atoms with Crippen molar-refractivity contribution in [3.05, 3.63) is 34.1 Å². The Morgan fingerprint density at radius 3 is 2.69 bits per heavy atom. The molecule has 1 N–H and O–H groups in total.